The highest BCUT2D eigenvalue weighted by Gasteiger charge is 1.97. The Kier molecular flexibility index (Phi) is 7.11. The summed E-state index contributed by atoms with van der Waals surface area (Å²) in [7, 11) is 1.83. The fraction of sp³-hybridized carbons (Fsp3) is 0.692. The lowest BCUT2D eigenvalue weighted by atomic mass is 10.1. The minimum Gasteiger partial charge on any atom is -0.478 e. The van der Waals surface area contributed by atoms with Gasteiger partial charge in [0, 0.05) is 13.1 Å². The Balaban J connectivity index is 2.09. The van der Waals surface area contributed by atoms with Crippen molar-refractivity contribution in [3.63, 3.8) is 0 Å². The first-order chi connectivity index (χ1) is 8.36. The van der Waals surface area contributed by atoms with E-state index in [2.05, 4.69) is 22.2 Å². The highest BCUT2D eigenvalue weighted by atomic mass is 16.5. The highest BCUT2D eigenvalue weighted by molar-refractivity contribution is 5.35. The topological polar surface area (TPSA) is 47.0 Å². The van der Waals surface area contributed by atoms with Crippen LogP contribution in [0.1, 0.15) is 45.4 Å². The molecule has 0 radical (unpaired) electrons. The minimum atomic E-state index is 0.651. The summed E-state index contributed by atoms with van der Waals surface area (Å²) in [5.41, 5.74) is 0. The number of anilines is 1. The van der Waals surface area contributed by atoms with Gasteiger partial charge in [0.05, 0.1) is 6.61 Å². The predicted octanol–water partition coefficient (Wildman–Crippen LogP) is 3.26. The van der Waals surface area contributed by atoms with Crippen LogP contribution in [0.5, 0.6) is 5.88 Å². The molecule has 0 fully saturated rings. The summed E-state index contributed by atoms with van der Waals surface area (Å²) in [5.74, 6) is 1.44. The van der Waals surface area contributed by atoms with Gasteiger partial charge in [-0.15, -0.1) is 0 Å². The molecule has 0 aromatic carbocycles. The third-order valence-corrected chi connectivity index (χ3v) is 2.65. The number of aromatic nitrogens is 2. The zero-order valence-electron chi connectivity index (χ0n) is 10.9. The first-order valence-electron chi connectivity index (χ1n) is 6.49. The van der Waals surface area contributed by atoms with E-state index in [0.29, 0.717) is 5.88 Å². The zero-order valence-corrected chi connectivity index (χ0v) is 10.9. The van der Waals surface area contributed by atoms with Gasteiger partial charge in [-0.25, -0.2) is 9.97 Å². The van der Waals surface area contributed by atoms with E-state index in [4.69, 9.17) is 4.74 Å². The molecule has 4 heteroatoms. The standard InChI is InChI=1S/C13H23N3O/c1-3-4-5-6-7-8-9-17-13-10-12(14-2)15-11-16-13/h10-11H,3-9H2,1-2H3,(H,14,15,16). The molecule has 1 N–H and O–H groups in total. The quantitative estimate of drug-likeness (QED) is 0.670. The molecule has 0 amide bonds. The van der Waals surface area contributed by atoms with Crippen molar-refractivity contribution in [2.45, 2.75) is 45.4 Å². The van der Waals surface area contributed by atoms with Gasteiger partial charge in [0.25, 0.3) is 0 Å². The number of unbranched alkanes of at least 4 members (excludes halogenated alkanes) is 5. The van der Waals surface area contributed by atoms with Gasteiger partial charge in [0.1, 0.15) is 12.1 Å². The molecule has 1 aromatic rings. The van der Waals surface area contributed by atoms with Crippen LogP contribution < -0.4 is 10.1 Å². The van der Waals surface area contributed by atoms with Crippen LogP contribution in [0.4, 0.5) is 5.82 Å². The van der Waals surface area contributed by atoms with Crippen molar-refractivity contribution in [1.82, 2.24) is 9.97 Å². The van der Waals surface area contributed by atoms with E-state index in [0.717, 1.165) is 18.8 Å². The van der Waals surface area contributed by atoms with Crippen molar-refractivity contribution >= 4 is 5.82 Å². The number of hydrogen-bond acceptors (Lipinski definition) is 4. The van der Waals surface area contributed by atoms with Gasteiger partial charge >= 0.3 is 0 Å². The molecule has 0 saturated heterocycles. The largest absolute Gasteiger partial charge is 0.478 e. The zero-order chi connectivity index (χ0) is 12.3. The first-order valence-corrected chi connectivity index (χ1v) is 6.49. The molecule has 0 unspecified atom stereocenters. The lowest BCUT2D eigenvalue weighted by Crippen LogP contribution is -2.01. The van der Waals surface area contributed by atoms with Crippen LogP contribution >= 0.6 is 0 Å². The van der Waals surface area contributed by atoms with Crippen LogP contribution in [0.25, 0.3) is 0 Å². The second-order valence-electron chi connectivity index (χ2n) is 4.11. The van der Waals surface area contributed by atoms with Crippen LogP contribution in [0.3, 0.4) is 0 Å². The molecule has 0 aliphatic rings. The fourth-order valence-electron chi connectivity index (χ4n) is 1.61. The molecular formula is C13H23N3O. The third-order valence-electron chi connectivity index (χ3n) is 2.65. The second-order valence-corrected chi connectivity index (χ2v) is 4.11. The molecule has 1 heterocycles. The van der Waals surface area contributed by atoms with Gasteiger partial charge in [-0.05, 0) is 6.42 Å². The molecule has 96 valence electrons. The van der Waals surface area contributed by atoms with Crippen LogP contribution in [-0.4, -0.2) is 23.6 Å². The van der Waals surface area contributed by atoms with Crippen LogP contribution in [0, 0.1) is 0 Å². The lowest BCUT2D eigenvalue weighted by Gasteiger charge is -2.06. The number of ether oxygens (including phenoxy) is 1. The van der Waals surface area contributed by atoms with Crippen LogP contribution in [0.15, 0.2) is 12.4 Å². The number of rotatable bonds is 9. The van der Waals surface area contributed by atoms with Crippen molar-refractivity contribution in [3.8, 4) is 5.88 Å². The Morgan fingerprint density at radius 2 is 1.88 bits per heavy atom. The summed E-state index contributed by atoms with van der Waals surface area (Å²) >= 11 is 0. The highest BCUT2D eigenvalue weighted by Crippen LogP contribution is 2.11. The summed E-state index contributed by atoms with van der Waals surface area (Å²) in [6.07, 6.45) is 9.15. The summed E-state index contributed by atoms with van der Waals surface area (Å²) < 4.78 is 5.56. The normalized spacial score (nSPS) is 10.2. The molecule has 0 bridgehead atoms. The molecular weight excluding hydrogens is 214 g/mol. The van der Waals surface area contributed by atoms with Crippen molar-refractivity contribution in [2.24, 2.45) is 0 Å². The number of nitrogens with one attached hydrogen (secondary N) is 1. The van der Waals surface area contributed by atoms with Crippen LogP contribution in [0.2, 0.25) is 0 Å². The molecule has 0 aliphatic heterocycles. The Labute approximate surface area is 104 Å². The van der Waals surface area contributed by atoms with Gasteiger partial charge in [-0.2, -0.15) is 0 Å². The van der Waals surface area contributed by atoms with Crippen LogP contribution in [-0.2, 0) is 0 Å². The molecule has 0 saturated carbocycles. The molecule has 4 nitrogen and oxygen atoms in total. The average Bonchev–Trinajstić information content (AvgIpc) is 2.38. The Hall–Kier alpha value is -1.32. The van der Waals surface area contributed by atoms with E-state index in [1.54, 1.807) is 0 Å². The average molecular weight is 237 g/mol. The van der Waals surface area contributed by atoms with E-state index in [1.807, 2.05) is 13.1 Å². The molecule has 17 heavy (non-hydrogen) atoms. The van der Waals surface area contributed by atoms with Crippen molar-refractivity contribution in [3.05, 3.63) is 12.4 Å². The second kappa shape index (κ2) is 8.79. The SMILES string of the molecule is CCCCCCCCOc1cc(NC)ncn1. The molecule has 0 spiro atoms. The van der Waals surface area contributed by atoms with Crippen molar-refractivity contribution < 1.29 is 4.74 Å². The summed E-state index contributed by atoms with van der Waals surface area (Å²) in [6.45, 7) is 2.98. The van der Waals surface area contributed by atoms with E-state index < -0.39 is 0 Å². The van der Waals surface area contributed by atoms with Gasteiger partial charge in [-0.1, -0.05) is 39.0 Å². The summed E-state index contributed by atoms with van der Waals surface area (Å²) in [5, 5.41) is 2.96. The Morgan fingerprint density at radius 1 is 1.12 bits per heavy atom. The maximum atomic E-state index is 5.56. The fourth-order valence-corrected chi connectivity index (χ4v) is 1.61. The minimum absolute atomic E-state index is 0.651. The number of hydrogen-bond donors (Lipinski definition) is 1. The van der Waals surface area contributed by atoms with Crippen molar-refractivity contribution in [1.29, 1.82) is 0 Å². The molecule has 1 aromatic heterocycles. The van der Waals surface area contributed by atoms with E-state index in [9.17, 15) is 0 Å². The monoisotopic (exact) mass is 237 g/mol. The third kappa shape index (κ3) is 6.09. The predicted molar refractivity (Wildman–Crippen MR) is 70.4 cm³/mol. The lowest BCUT2D eigenvalue weighted by molar-refractivity contribution is 0.293. The Bertz CT molecular complexity index is 304. The van der Waals surface area contributed by atoms with Gasteiger partial charge in [0.2, 0.25) is 5.88 Å². The Morgan fingerprint density at radius 3 is 2.65 bits per heavy atom. The molecule has 0 aliphatic carbocycles. The maximum absolute atomic E-state index is 5.56. The van der Waals surface area contributed by atoms with Gasteiger partial charge in [0.15, 0.2) is 0 Å². The van der Waals surface area contributed by atoms with Crippen molar-refractivity contribution in [2.75, 3.05) is 19.0 Å². The molecule has 1 rings (SSSR count). The first kappa shape index (κ1) is 13.7. The summed E-state index contributed by atoms with van der Waals surface area (Å²) in [4.78, 5) is 8.10. The van der Waals surface area contributed by atoms with E-state index in [-0.39, 0.29) is 0 Å². The van der Waals surface area contributed by atoms with E-state index in [1.165, 1.54) is 38.4 Å². The number of nitrogens with zero attached hydrogens (tertiary/aromatic N) is 2. The summed E-state index contributed by atoms with van der Waals surface area (Å²) in [6, 6.07) is 1.82. The smallest absolute Gasteiger partial charge is 0.218 e. The maximum Gasteiger partial charge on any atom is 0.218 e. The van der Waals surface area contributed by atoms with Gasteiger partial charge in [-0.3, -0.25) is 0 Å². The van der Waals surface area contributed by atoms with E-state index >= 15 is 0 Å². The molecule has 0 atom stereocenters. The van der Waals surface area contributed by atoms with Gasteiger partial charge < -0.3 is 10.1 Å².